The molecule has 0 saturated carbocycles. The molecule has 3 rings (SSSR count). The minimum atomic E-state index is -3.54. The number of sulfonamides is 1. The van der Waals surface area contributed by atoms with Crippen LogP contribution in [0.2, 0.25) is 0 Å². The topological polar surface area (TPSA) is 86.8 Å². The van der Waals surface area contributed by atoms with Crippen LogP contribution < -0.4 is 5.32 Å². The zero-order valence-electron chi connectivity index (χ0n) is 18.9. The van der Waals surface area contributed by atoms with Gasteiger partial charge in [-0.15, -0.1) is 0 Å². The first-order valence-corrected chi connectivity index (χ1v) is 12.4. The summed E-state index contributed by atoms with van der Waals surface area (Å²) in [7, 11) is -3.54. The first kappa shape index (κ1) is 24.1. The van der Waals surface area contributed by atoms with Gasteiger partial charge in [0, 0.05) is 37.4 Å². The van der Waals surface area contributed by atoms with Crippen LogP contribution in [-0.4, -0.2) is 62.0 Å². The van der Waals surface area contributed by atoms with E-state index in [2.05, 4.69) is 19.2 Å². The van der Waals surface area contributed by atoms with Gasteiger partial charge >= 0.3 is 0 Å². The smallest absolute Gasteiger partial charge is 0.243 e. The van der Waals surface area contributed by atoms with Gasteiger partial charge in [-0.1, -0.05) is 26.0 Å². The van der Waals surface area contributed by atoms with Crippen LogP contribution in [0.1, 0.15) is 49.0 Å². The fraction of sp³-hybridized carbons (Fsp3) is 0.417. The number of piperazine rings is 1. The summed E-state index contributed by atoms with van der Waals surface area (Å²) in [5.41, 5.74) is 2.36. The minimum absolute atomic E-state index is 0.0258. The number of nitrogens with zero attached hydrogens (tertiary/aromatic N) is 2. The predicted molar refractivity (Wildman–Crippen MR) is 125 cm³/mol. The zero-order valence-corrected chi connectivity index (χ0v) is 19.7. The molecule has 0 aromatic heterocycles. The fourth-order valence-electron chi connectivity index (χ4n) is 3.67. The molecule has 1 heterocycles. The van der Waals surface area contributed by atoms with Gasteiger partial charge in [0.05, 0.1) is 11.4 Å². The van der Waals surface area contributed by atoms with Gasteiger partial charge in [-0.3, -0.25) is 14.5 Å². The molecule has 1 atom stereocenters. The quantitative estimate of drug-likeness (QED) is 0.615. The van der Waals surface area contributed by atoms with Gasteiger partial charge in [0.2, 0.25) is 15.9 Å². The number of carbonyl (C=O) groups excluding carboxylic acids is 2. The Kier molecular flexibility index (Phi) is 7.82. The second-order valence-electron chi connectivity index (χ2n) is 8.24. The first-order chi connectivity index (χ1) is 15.2. The lowest BCUT2D eigenvalue weighted by molar-refractivity contribution is -0.117. The van der Waals surface area contributed by atoms with Gasteiger partial charge < -0.3 is 5.32 Å². The summed E-state index contributed by atoms with van der Waals surface area (Å²) in [5.74, 6) is 0.202. The van der Waals surface area contributed by atoms with Crippen molar-refractivity contribution >= 4 is 27.4 Å². The van der Waals surface area contributed by atoms with E-state index in [1.54, 1.807) is 36.4 Å². The van der Waals surface area contributed by atoms with E-state index in [4.69, 9.17) is 0 Å². The Morgan fingerprint density at radius 2 is 1.56 bits per heavy atom. The Bertz CT molecular complexity index is 1040. The number of Topliss-reactive ketones (excluding diaryl/α,β-unsaturated/α-hetero) is 1. The Morgan fingerprint density at radius 1 is 0.969 bits per heavy atom. The molecule has 2 aromatic rings. The van der Waals surface area contributed by atoms with Crippen molar-refractivity contribution in [2.45, 2.75) is 38.0 Å². The van der Waals surface area contributed by atoms with Crippen molar-refractivity contribution in [1.29, 1.82) is 0 Å². The number of nitrogens with one attached hydrogen (secondary N) is 1. The maximum atomic E-state index is 13.0. The highest BCUT2D eigenvalue weighted by molar-refractivity contribution is 7.89. The number of benzene rings is 2. The second kappa shape index (κ2) is 10.4. The Morgan fingerprint density at radius 3 is 2.09 bits per heavy atom. The van der Waals surface area contributed by atoms with Gasteiger partial charge in [-0.2, -0.15) is 4.31 Å². The molecule has 0 spiro atoms. The third-order valence-corrected chi connectivity index (χ3v) is 7.89. The lowest BCUT2D eigenvalue weighted by Crippen LogP contribution is -2.50. The molecule has 1 aliphatic heterocycles. The van der Waals surface area contributed by atoms with Crippen molar-refractivity contribution in [2.75, 3.05) is 38.0 Å². The molecule has 2 aromatic carbocycles. The Labute approximate surface area is 190 Å². The van der Waals surface area contributed by atoms with Gasteiger partial charge in [0.15, 0.2) is 5.78 Å². The van der Waals surface area contributed by atoms with Crippen molar-refractivity contribution in [2.24, 2.45) is 0 Å². The highest BCUT2D eigenvalue weighted by Gasteiger charge is 2.29. The molecule has 1 N–H and O–H groups in total. The summed E-state index contributed by atoms with van der Waals surface area (Å²) in [5, 5.41) is 2.82. The summed E-state index contributed by atoms with van der Waals surface area (Å²) < 4.78 is 27.5. The van der Waals surface area contributed by atoms with Crippen molar-refractivity contribution in [3.05, 3.63) is 59.7 Å². The van der Waals surface area contributed by atoms with Gasteiger partial charge in [-0.25, -0.2) is 8.42 Å². The molecule has 1 fully saturated rings. The third-order valence-electron chi connectivity index (χ3n) is 5.97. The van der Waals surface area contributed by atoms with Crippen LogP contribution in [0.25, 0.3) is 0 Å². The number of amides is 1. The number of ketones is 1. The molecule has 32 heavy (non-hydrogen) atoms. The molecule has 8 heteroatoms. The number of rotatable bonds is 8. The van der Waals surface area contributed by atoms with Crippen molar-refractivity contribution in [1.82, 2.24) is 9.21 Å². The highest BCUT2D eigenvalue weighted by Crippen LogP contribution is 2.23. The van der Waals surface area contributed by atoms with Gasteiger partial charge in [0.25, 0.3) is 0 Å². The number of carbonyl (C=O) groups is 2. The fourth-order valence-corrected chi connectivity index (χ4v) is 5.10. The third kappa shape index (κ3) is 5.82. The van der Waals surface area contributed by atoms with E-state index in [0.29, 0.717) is 48.2 Å². The van der Waals surface area contributed by atoms with E-state index in [1.165, 1.54) is 11.2 Å². The van der Waals surface area contributed by atoms with E-state index < -0.39 is 10.0 Å². The molecule has 1 saturated heterocycles. The van der Waals surface area contributed by atoms with Crippen molar-refractivity contribution in [3.63, 3.8) is 0 Å². The van der Waals surface area contributed by atoms with E-state index in [9.17, 15) is 18.0 Å². The van der Waals surface area contributed by atoms with Crippen LogP contribution in [0.4, 0.5) is 5.69 Å². The molecule has 7 nitrogen and oxygen atoms in total. The summed E-state index contributed by atoms with van der Waals surface area (Å²) in [6.45, 7) is 7.58. The van der Waals surface area contributed by atoms with Gasteiger partial charge in [-0.05, 0) is 61.2 Å². The van der Waals surface area contributed by atoms with Crippen LogP contribution >= 0.6 is 0 Å². The predicted octanol–water partition coefficient (Wildman–Crippen LogP) is 3.35. The Balaban J connectivity index is 1.52. The largest absolute Gasteiger partial charge is 0.325 e. The second-order valence-corrected chi connectivity index (χ2v) is 10.2. The number of anilines is 1. The van der Waals surface area contributed by atoms with Crippen LogP contribution in [0.3, 0.4) is 0 Å². The van der Waals surface area contributed by atoms with E-state index in [1.807, 2.05) is 17.0 Å². The number of hydrogen-bond acceptors (Lipinski definition) is 5. The lowest BCUT2D eigenvalue weighted by atomic mass is 9.99. The molecule has 0 unspecified atom stereocenters. The molecule has 0 aliphatic carbocycles. The van der Waals surface area contributed by atoms with Crippen LogP contribution in [-0.2, 0) is 14.8 Å². The maximum absolute atomic E-state index is 13.0. The molecule has 1 aliphatic rings. The van der Waals surface area contributed by atoms with Crippen molar-refractivity contribution < 1.29 is 18.0 Å². The normalized spacial score (nSPS) is 16.5. The van der Waals surface area contributed by atoms with Crippen LogP contribution in [0, 0.1) is 0 Å². The average Bonchev–Trinajstić information content (AvgIpc) is 2.79. The minimum Gasteiger partial charge on any atom is -0.325 e. The summed E-state index contributed by atoms with van der Waals surface area (Å²) >= 11 is 0. The SMILES string of the molecule is CC[C@@H](C)c1ccc(S(=O)(=O)N2CCN(CC(=O)Nc3ccc(C(C)=O)cc3)CC2)cc1. The standard InChI is InChI=1S/C24H31N3O4S/c1-4-18(2)20-7-11-23(12-8-20)32(30,31)27-15-13-26(14-16-27)17-24(29)25-22-9-5-21(6-10-22)19(3)28/h5-12,18H,4,13-17H2,1-3H3,(H,25,29)/t18-/m1/s1. The summed E-state index contributed by atoms with van der Waals surface area (Å²) in [6.07, 6.45) is 1.01. The first-order valence-electron chi connectivity index (χ1n) is 10.9. The van der Waals surface area contributed by atoms with E-state index in [0.717, 1.165) is 12.0 Å². The Hall–Kier alpha value is -2.55. The maximum Gasteiger partial charge on any atom is 0.243 e. The summed E-state index contributed by atoms with van der Waals surface area (Å²) in [4.78, 5) is 26.0. The summed E-state index contributed by atoms with van der Waals surface area (Å²) in [6, 6.07) is 13.9. The molecular formula is C24H31N3O4S. The molecule has 0 radical (unpaired) electrons. The van der Waals surface area contributed by atoms with Gasteiger partial charge in [0.1, 0.15) is 0 Å². The van der Waals surface area contributed by atoms with Crippen LogP contribution in [0.15, 0.2) is 53.4 Å². The van der Waals surface area contributed by atoms with Crippen LogP contribution in [0.5, 0.6) is 0 Å². The monoisotopic (exact) mass is 457 g/mol. The molecule has 1 amide bonds. The average molecular weight is 458 g/mol. The lowest BCUT2D eigenvalue weighted by Gasteiger charge is -2.33. The van der Waals surface area contributed by atoms with E-state index >= 15 is 0 Å². The molecule has 172 valence electrons. The molecular weight excluding hydrogens is 426 g/mol. The number of hydrogen-bond donors (Lipinski definition) is 1. The molecule has 0 bridgehead atoms. The van der Waals surface area contributed by atoms with E-state index in [-0.39, 0.29) is 18.2 Å². The van der Waals surface area contributed by atoms with Crippen molar-refractivity contribution in [3.8, 4) is 0 Å². The zero-order chi connectivity index (χ0) is 23.3. The highest BCUT2D eigenvalue weighted by atomic mass is 32.2.